The second-order valence-corrected chi connectivity index (χ2v) is 5.49. The lowest BCUT2D eigenvalue weighted by Crippen LogP contribution is -2.32. The Bertz CT molecular complexity index is 116. The molecule has 0 aliphatic carbocycles. The van der Waals surface area contributed by atoms with Crippen molar-refractivity contribution in [2.45, 2.75) is 39.0 Å². The molecule has 0 radical (unpaired) electrons. The van der Waals surface area contributed by atoms with Crippen molar-refractivity contribution in [1.82, 2.24) is 4.90 Å². The molecule has 0 aliphatic rings. The van der Waals surface area contributed by atoms with Crippen LogP contribution in [0.5, 0.6) is 0 Å². The monoisotopic (exact) mass is 237 g/mol. The first kappa shape index (κ1) is 14.6. The van der Waals surface area contributed by atoms with Crippen molar-refractivity contribution in [3.05, 3.63) is 0 Å². The summed E-state index contributed by atoms with van der Waals surface area (Å²) in [6, 6.07) is 0. The van der Waals surface area contributed by atoms with Crippen LogP contribution in [0.1, 0.15) is 33.6 Å². The van der Waals surface area contributed by atoms with Gasteiger partial charge in [-0.2, -0.15) is 11.8 Å². The molecule has 0 spiro atoms. The van der Waals surface area contributed by atoms with Gasteiger partial charge in [-0.25, -0.2) is 0 Å². The first-order valence-electron chi connectivity index (χ1n) is 5.68. The van der Waals surface area contributed by atoms with E-state index in [1.807, 2.05) is 11.8 Å². The Morgan fingerprint density at radius 1 is 1.14 bits per heavy atom. The molecule has 0 N–H and O–H groups in total. The number of rotatable bonds is 9. The van der Waals surface area contributed by atoms with Gasteiger partial charge in [-0.15, -0.1) is 11.6 Å². The van der Waals surface area contributed by atoms with E-state index in [0.717, 1.165) is 12.3 Å². The summed E-state index contributed by atoms with van der Waals surface area (Å²) in [5.41, 5.74) is 0. The molecule has 0 aromatic rings. The molecule has 0 amide bonds. The van der Waals surface area contributed by atoms with Gasteiger partial charge < -0.3 is 4.90 Å². The predicted molar refractivity (Wildman–Crippen MR) is 69.7 cm³/mol. The maximum atomic E-state index is 6.26. The number of thioether (sulfide) groups is 1. The van der Waals surface area contributed by atoms with Gasteiger partial charge >= 0.3 is 0 Å². The third kappa shape index (κ3) is 7.95. The Morgan fingerprint density at radius 2 is 1.71 bits per heavy atom. The van der Waals surface area contributed by atoms with Crippen LogP contribution in [-0.2, 0) is 0 Å². The van der Waals surface area contributed by atoms with E-state index in [-0.39, 0.29) is 0 Å². The van der Waals surface area contributed by atoms with Crippen LogP contribution in [0.4, 0.5) is 0 Å². The standard InChI is InChI=1S/C11H24ClNS/c1-4-7-13(8-5-2)9-11(12)10-14-6-3/h11H,4-10H2,1-3H3. The Labute approximate surface area is 98.6 Å². The van der Waals surface area contributed by atoms with E-state index < -0.39 is 0 Å². The second kappa shape index (κ2) is 10.1. The van der Waals surface area contributed by atoms with Crippen molar-refractivity contribution in [1.29, 1.82) is 0 Å². The van der Waals surface area contributed by atoms with Crippen molar-refractivity contribution in [2.75, 3.05) is 31.1 Å². The Kier molecular flexibility index (Phi) is 10.6. The average molecular weight is 238 g/mol. The van der Waals surface area contributed by atoms with Crippen LogP contribution in [0.25, 0.3) is 0 Å². The maximum absolute atomic E-state index is 6.26. The third-order valence-electron chi connectivity index (χ3n) is 2.04. The van der Waals surface area contributed by atoms with Crippen LogP contribution in [0, 0.1) is 0 Å². The topological polar surface area (TPSA) is 3.24 Å². The molecule has 0 aromatic heterocycles. The number of hydrogen-bond acceptors (Lipinski definition) is 2. The van der Waals surface area contributed by atoms with Crippen molar-refractivity contribution >= 4 is 23.4 Å². The molecule has 0 heterocycles. The van der Waals surface area contributed by atoms with Gasteiger partial charge in [0, 0.05) is 12.3 Å². The highest BCUT2D eigenvalue weighted by atomic mass is 35.5. The minimum Gasteiger partial charge on any atom is -0.302 e. The van der Waals surface area contributed by atoms with Crippen LogP contribution in [0.2, 0.25) is 0 Å². The number of hydrogen-bond donors (Lipinski definition) is 0. The van der Waals surface area contributed by atoms with Crippen molar-refractivity contribution in [2.24, 2.45) is 0 Å². The van der Waals surface area contributed by atoms with E-state index in [4.69, 9.17) is 11.6 Å². The van der Waals surface area contributed by atoms with Gasteiger partial charge in [0.25, 0.3) is 0 Å². The van der Waals surface area contributed by atoms with Gasteiger partial charge in [0.1, 0.15) is 0 Å². The summed E-state index contributed by atoms with van der Waals surface area (Å²) in [6.45, 7) is 10.1. The van der Waals surface area contributed by atoms with Crippen LogP contribution in [0.3, 0.4) is 0 Å². The van der Waals surface area contributed by atoms with Crippen LogP contribution >= 0.6 is 23.4 Å². The minimum absolute atomic E-state index is 0.318. The van der Waals surface area contributed by atoms with Crippen LogP contribution in [0.15, 0.2) is 0 Å². The highest BCUT2D eigenvalue weighted by molar-refractivity contribution is 7.99. The molecule has 0 aromatic carbocycles. The summed E-state index contributed by atoms with van der Waals surface area (Å²) >= 11 is 8.20. The minimum atomic E-state index is 0.318. The SMILES string of the molecule is CCCN(CCC)CC(Cl)CSCC. The molecule has 0 saturated carbocycles. The zero-order valence-corrected chi connectivity index (χ0v) is 11.3. The molecule has 1 nitrogen and oxygen atoms in total. The summed E-state index contributed by atoms with van der Waals surface area (Å²) in [4.78, 5) is 2.48. The van der Waals surface area contributed by atoms with Gasteiger partial charge in [0.05, 0.1) is 5.38 Å². The van der Waals surface area contributed by atoms with E-state index in [2.05, 4.69) is 25.7 Å². The second-order valence-electron chi connectivity index (χ2n) is 3.56. The van der Waals surface area contributed by atoms with Crippen molar-refractivity contribution < 1.29 is 0 Å². The number of halogens is 1. The first-order chi connectivity index (χ1) is 6.74. The summed E-state index contributed by atoms with van der Waals surface area (Å²) in [7, 11) is 0. The molecule has 14 heavy (non-hydrogen) atoms. The van der Waals surface area contributed by atoms with E-state index >= 15 is 0 Å². The zero-order chi connectivity index (χ0) is 10.8. The fraction of sp³-hybridized carbons (Fsp3) is 1.00. The highest BCUT2D eigenvalue weighted by Crippen LogP contribution is 2.09. The highest BCUT2D eigenvalue weighted by Gasteiger charge is 2.09. The number of alkyl halides is 1. The Morgan fingerprint density at radius 3 is 2.14 bits per heavy atom. The number of nitrogens with zero attached hydrogens (tertiary/aromatic N) is 1. The van der Waals surface area contributed by atoms with Gasteiger partial charge in [0.2, 0.25) is 0 Å². The van der Waals surface area contributed by atoms with Crippen molar-refractivity contribution in [3.8, 4) is 0 Å². The fourth-order valence-electron chi connectivity index (χ4n) is 1.51. The van der Waals surface area contributed by atoms with Gasteiger partial charge in [-0.3, -0.25) is 0 Å². The molecule has 0 saturated heterocycles. The Hall–Kier alpha value is 0.600. The Balaban J connectivity index is 3.64. The van der Waals surface area contributed by atoms with Gasteiger partial charge in [-0.1, -0.05) is 20.8 Å². The van der Waals surface area contributed by atoms with Gasteiger partial charge in [-0.05, 0) is 31.7 Å². The zero-order valence-electron chi connectivity index (χ0n) is 9.76. The summed E-state index contributed by atoms with van der Waals surface area (Å²) < 4.78 is 0. The van der Waals surface area contributed by atoms with Crippen LogP contribution < -0.4 is 0 Å². The average Bonchev–Trinajstić information content (AvgIpc) is 2.15. The summed E-state index contributed by atoms with van der Waals surface area (Å²) in [5.74, 6) is 2.26. The van der Waals surface area contributed by atoms with E-state index in [1.54, 1.807) is 0 Å². The summed E-state index contributed by atoms with van der Waals surface area (Å²) in [6.07, 6.45) is 2.45. The lowest BCUT2D eigenvalue weighted by atomic mass is 10.3. The molecular formula is C11H24ClNS. The largest absolute Gasteiger partial charge is 0.302 e. The maximum Gasteiger partial charge on any atom is 0.0553 e. The van der Waals surface area contributed by atoms with Gasteiger partial charge in [0.15, 0.2) is 0 Å². The molecule has 3 heteroatoms. The van der Waals surface area contributed by atoms with E-state index in [0.29, 0.717) is 5.38 Å². The van der Waals surface area contributed by atoms with E-state index in [1.165, 1.54) is 31.7 Å². The molecule has 0 rings (SSSR count). The predicted octanol–water partition coefficient (Wildman–Crippen LogP) is 3.47. The van der Waals surface area contributed by atoms with Crippen LogP contribution in [-0.4, -0.2) is 41.4 Å². The molecular weight excluding hydrogens is 214 g/mol. The normalized spacial score (nSPS) is 13.5. The molecule has 1 atom stereocenters. The fourth-order valence-corrected chi connectivity index (χ4v) is 2.56. The molecule has 86 valence electrons. The summed E-state index contributed by atoms with van der Waals surface area (Å²) in [5, 5.41) is 0.318. The quantitative estimate of drug-likeness (QED) is 0.565. The first-order valence-corrected chi connectivity index (χ1v) is 7.27. The van der Waals surface area contributed by atoms with Crippen molar-refractivity contribution in [3.63, 3.8) is 0 Å². The molecule has 1 unspecified atom stereocenters. The lowest BCUT2D eigenvalue weighted by molar-refractivity contribution is 0.278. The molecule has 0 bridgehead atoms. The molecule has 0 aliphatic heterocycles. The third-order valence-corrected chi connectivity index (χ3v) is 3.56. The lowest BCUT2D eigenvalue weighted by Gasteiger charge is -2.23. The smallest absolute Gasteiger partial charge is 0.0553 e. The van der Waals surface area contributed by atoms with E-state index in [9.17, 15) is 0 Å². The molecule has 0 fully saturated rings.